The Labute approximate surface area is 119 Å². The summed E-state index contributed by atoms with van der Waals surface area (Å²) in [6.07, 6.45) is -2.16. The minimum absolute atomic E-state index is 0.0805. The van der Waals surface area contributed by atoms with E-state index < -0.39 is 39.0 Å². The van der Waals surface area contributed by atoms with Gasteiger partial charge in [0.2, 0.25) is 0 Å². The van der Waals surface area contributed by atoms with Crippen molar-refractivity contribution in [2.75, 3.05) is 13.2 Å². The average molecular weight is 355 g/mol. The summed E-state index contributed by atoms with van der Waals surface area (Å²) in [6.45, 7) is -0.449. The van der Waals surface area contributed by atoms with E-state index in [9.17, 15) is 16.8 Å². The predicted octanol–water partition coefficient (Wildman–Crippen LogP) is -1.14. The van der Waals surface area contributed by atoms with Crippen LogP contribution in [-0.2, 0) is 33.8 Å². The van der Waals surface area contributed by atoms with Crippen LogP contribution in [0, 0.1) is 0 Å². The molecule has 1 rings (SSSR count). The number of nitrogens with one attached hydrogen (secondary N) is 1. The molecule has 0 spiro atoms. The van der Waals surface area contributed by atoms with Crippen LogP contribution in [0.4, 0.5) is 0 Å². The number of hydrogen-bond acceptors (Lipinski definition) is 9. The van der Waals surface area contributed by atoms with Gasteiger partial charge in [0.15, 0.2) is 12.3 Å². The lowest BCUT2D eigenvalue weighted by Gasteiger charge is -2.34. The fourth-order valence-electron chi connectivity index (χ4n) is 1.62. The summed E-state index contributed by atoms with van der Waals surface area (Å²) in [5.74, 6) is 0. The van der Waals surface area contributed by atoms with Gasteiger partial charge in [-0.2, -0.15) is 21.6 Å². The molecule has 4 N–H and O–H groups in total. The molecule has 1 aliphatic heterocycles. The van der Waals surface area contributed by atoms with Crippen molar-refractivity contribution in [2.45, 2.75) is 24.7 Å². The van der Waals surface area contributed by atoms with Gasteiger partial charge in [-0.3, -0.25) is 13.3 Å². The second-order valence-corrected chi connectivity index (χ2v) is 6.43. The molecule has 0 bridgehead atoms. The van der Waals surface area contributed by atoms with Crippen LogP contribution in [0.3, 0.4) is 0 Å². The van der Waals surface area contributed by atoms with Gasteiger partial charge in [-0.25, -0.2) is 4.18 Å². The number of hydrogen-bond donors (Lipinski definition) is 4. The van der Waals surface area contributed by atoms with E-state index in [4.69, 9.17) is 18.4 Å². The summed E-state index contributed by atoms with van der Waals surface area (Å²) in [5.41, 5.74) is 0. The summed E-state index contributed by atoms with van der Waals surface area (Å²) in [6, 6.07) is -1.22. The predicted molar refractivity (Wildman–Crippen MR) is 65.4 cm³/mol. The van der Waals surface area contributed by atoms with Crippen LogP contribution in [0.15, 0.2) is 0 Å². The Hall–Kier alpha value is -0.0300. The van der Waals surface area contributed by atoms with Crippen molar-refractivity contribution in [1.29, 1.82) is 0 Å². The van der Waals surface area contributed by atoms with Gasteiger partial charge in [0.1, 0.15) is 6.10 Å². The van der Waals surface area contributed by atoms with Crippen LogP contribution in [-0.4, -0.2) is 62.0 Å². The molecule has 1 aliphatic rings. The standard InChI is InChI=1S/C6H13NO10S3/c8-18-16-2-4-1-6(17-20(12,13)14)5(3-15-4)7-19(9,10)11/h4-8H,1-3H2,(H,9,10,11)(H,12,13,14). The van der Waals surface area contributed by atoms with Gasteiger partial charge in [0, 0.05) is 6.42 Å². The second-order valence-electron chi connectivity index (χ2n) is 3.81. The Balaban J connectivity index is 2.74. The third-order valence-corrected chi connectivity index (χ3v) is 3.64. The monoisotopic (exact) mass is 355 g/mol. The summed E-state index contributed by atoms with van der Waals surface area (Å²) >= 11 is 0.0805. The lowest BCUT2D eigenvalue weighted by Crippen LogP contribution is -2.53. The van der Waals surface area contributed by atoms with Crippen molar-refractivity contribution in [1.82, 2.24) is 4.72 Å². The van der Waals surface area contributed by atoms with Gasteiger partial charge in [-0.15, -0.1) is 0 Å². The van der Waals surface area contributed by atoms with Crippen LogP contribution in [0.5, 0.6) is 0 Å². The van der Waals surface area contributed by atoms with E-state index in [1.165, 1.54) is 0 Å². The van der Waals surface area contributed by atoms with Crippen molar-refractivity contribution >= 4 is 33.0 Å². The molecular weight excluding hydrogens is 342 g/mol. The van der Waals surface area contributed by atoms with E-state index in [0.29, 0.717) is 0 Å². The van der Waals surface area contributed by atoms with Crippen LogP contribution in [0.2, 0.25) is 0 Å². The Morgan fingerprint density at radius 1 is 1.30 bits per heavy atom. The molecule has 0 amide bonds. The summed E-state index contributed by atoms with van der Waals surface area (Å²) < 4.78 is 84.3. The zero-order chi connectivity index (χ0) is 15.4. The highest BCUT2D eigenvalue weighted by Gasteiger charge is 2.37. The lowest BCUT2D eigenvalue weighted by atomic mass is 10.0. The SMILES string of the molecule is O=S(=O)(O)NC1COC(COSO)CC1OS(=O)(=O)O. The summed E-state index contributed by atoms with van der Waals surface area (Å²) in [7, 11) is -9.43. The maximum Gasteiger partial charge on any atom is 0.397 e. The van der Waals surface area contributed by atoms with Crippen molar-refractivity contribution in [2.24, 2.45) is 0 Å². The minimum atomic E-state index is -4.82. The van der Waals surface area contributed by atoms with Gasteiger partial charge in [0.05, 0.1) is 25.4 Å². The van der Waals surface area contributed by atoms with Gasteiger partial charge in [-0.1, -0.05) is 0 Å². The molecule has 0 aliphatic carbocycles. The van der Waals surface area contributed by atoms with Gasteiger partial charge in [0.25, 0.3) is 0 Å². The molecule has 3 atom stereocenters. The number of ether oxygens (including phenoxy) is 1. The molecule has 0 aromatic heterocycles. The van der Waals surface area contributed by atoms with Crippen LogP contribution in [0.1, 0.15) is 6.42 Å². The molecule has 0 aromatic carbocycles. The molecule has 20 heavy (non-hydrogen) atoms. The third kappa shape index (κ3) is 7.11. The van der Waals surface area contributed by atoms with Crippen molar-refractivity contribution in [3.05, 3.63) is 0 Å². The molecule has 0 aromatic rings. The maximum absolute atomic E-state index is 10.7. The van der Waals surface area contributed by atoms with Crippen LogP contribution < -0.4 is 4.72 Å². The van der Waals surface area contributed by atoms with E-state index in [0.717, 1.165) is 0 Å². The van der Waals surface area contributed by atoms with Crippen LogP contribution in [0.25, 0.3) is 0 Å². The van der Waals surface area contributed by atoms with E-state index in [1.807, 2.05) is 0 Å². The zero-order valence-corrected chi connectivity index (χ0v) is 12.2. The fourth-order valence-corrected chi connectivity index (χ4v) is 2.96. The zero-order valence-electron chi connectivity index (χ0n) is 9.78. The molecule has 120 valence electrons. The van der Waals surface area contributed by atoms with Gasteiger partial charge < -0.3 is 9.29 Å². The first kappa shape index (κ1) is 18.0. The number of rotatable bonds is 7. The van der Waals surface area contributed by atoms with Crippen molar-refractivity contribution < 1.29 is 43.6 Å². The first-order chi connectivity index (χ1) is 9.11. The second kappa shape index (κ2) is 7.30. The topological polar surface area (TPSA) is 169 Å². The normalized spacial score (nSPS) is 28.4. The van der Waals surface area contributed by atoms with E-state index in [1.54, 1.807) is 4.72 Å². The molecule has 1 fully saturated rings. The molecule has 14 heteroatoms. The summed E-state index contributed by atoms with van der Waals surface area (Å²) in [5, 5.41) is 0. The lowest BCUT2D eigenvalue weighted by molar-refractivity contribution is -0.0669. The highest BCUT2D eigenvalue weighted by atomic mass is 32.3. The van der Waals surface area contributed by atoms with Gasteiger partial charge in [-0.05, 0) is 0 Å². The first-order valence-electron chi connectivity index (χ1n) is 5.06. The van der Waals surface area contributed by atoms with E-state index in [2.05, 4.69) is 8.37 Å². The average Bonchev–Trinajstić information content (AvgIpc) is 2.25. The highest BCUT2D eigenvalue weighted by molar-refractivity contribution is 7.88. The Kier molecular flexibility index (Phi) is 6.58. The molecule has 3 unspecified atom stereocenters. The van der Waals surface area contributed by atoms with Crippen LogP contribution >= 0.6 is 12.3 Å². The smallest absolute Gasteiger partial charge is 0.374 e. The van der Waals surface area contributed by atoms with E-state index >= 15 is 0 Å². The molecule has 1 heterocycles. The Bertz CT molecular complexity index is 503. The summed E-state index contributed by atoms with van der Waals surface area (Å²) in [4.78, 5) is 0. The van der Waals surface area contributed by atoms with Crippen molar-refractivity contribution in [3.8, 4) is 0 Å². The maximum atomic E-state index is 10.7. The third-order valence-electron chi connectivity index (χ3n) is 2.31. The minimum Gasteiger partial charge on any atom is -0.374 e. The van der Waals surface area contributed by atoms with E-state index in [-0.39, 0.29) is 32.0 Å². The quantitative estimate of drug-likeness (QED) is 0.322. The van der Waals surface area contributed by atoms with Gasteiger partial charge >= 0.3 is 20.7 Å². The molecule has 11 nitrogen and oxygen atoms in total. The highest BCUT2D eigenvalue weighted by Crippen LogP contribution is 2.20. The fraction of sp³-hybridized carbons (Fsp3) is 1.00. The first-order valence-corrected chi connectivity index (χ1v) is 8.56. The largest absolute Gasteiger partial charge is 0.397 e. The molecule has 0 saturated carbocycles. The molecule has 0 radical (unpaired) electrons. The Morgan fingerprint density at radius 2 is 1.95 bits per heavy atom. The van der Waals surface area contributed by atoms with Crippen molar-refractivity contribution in [3.63, 3.8) is 0 Å². The Morgan fingerprint density at radius 3 is 2.45 bits per heavy atom. The molecule has 1 saturated heterocycles. The molecular formula is C6H13NO10S3.